The Morgan fingerprint density at radius 3 is 2.29 bits per heavy atom. The minimum atomic E-state index is -4.57. The van der Waals surface area contributed by atoms with Gasteiger partial charge in [-0.05, 0) is 42.3 Å². The highest BCUT2D eigenvalue weighted by Gasteiger charge is 2.33. The van der Waals surface area contributed by atoms with Gasteiger partial charge in [0.25, 0.3) is 0 Å². The number of nitrogens with one attached hydrogen (secondary N) is 2. The van der Waals surface area contributed by atoms with E-state index >= 15 is 0 Å². The fourth-order valence-electron chi connectivity index (χ4n) is 2.07. The molecule has 128 valence electrons. The van der Waals surface area contributed by atoms with Crippen LogP contribution < -0.4 is 10.6 Å². The molecule has 7 heteroatoms. The van der Waals surface area contributed by atoms with E-state index in [-0.39, 0.29) is 12.2 Å². The Balaban J connectivity index is 1.97. The Labute approximate surface area is 142 Å². The number of halogens is 4. The molecule has 0 aromatic heterocycles. The number of benzene rings is 2. The van der Waals surface area contributed by atoms with Crippen LogP contribution in [-0.4, -0.2) is 12.5 Å². The molecule has 0 saturated heterocycles. The standard InChI is InChI=1S/C17H16ClF3N2O/c1-2-11-3-5-12(6-4-11)22-10-16(24)23-13-7-8-15(18)14(9-13)17(19,20)21/h3-9,22H,2,10H2,1H3,(H,23,24). The van der Waals surface area contributed by atoms with Crippen LogP contribution in [-0.2, 0) is 17.4 Å². The zero-order chi connectivity index (χ0) is 17.7. The topological polar surface area (TPSA) is 41.1 Å². The van der Waals surface area contributed by atoms with E-state index < -0.39 is 22.7 Å². The van der Waals surface area contributed by atoms with E-state index in [2.05, 4.69) is 10.6 Å². The number of anilines is 2. The van der Waals surface area contributed by atoms with Gasteiger partial charge in [0.15, 0.2) is 0 Å². The average Bonchev–Trinajstić information content (AvgIpc) is 2.54. The van der Waals surface area contributed by atoms with Gasteiger partial charge in [-0.2, -0.15) is 13.2 Å². The van der Waals surface area contributed by atoms with E-state index in [1.54, 1.807) is 0 Å². The van der Waals surface area contributed by atoms with Crippen LogP contribution in [0.15, 0.2) is 42.5 Å². The number of amides is 1. The van der Waals surface area contributed by atoms with Crippen LogP contribution in [0.25, 0.3) is 0 Å². The maximum Gasteiger partial charge on any atom is 0.417 e. The minimum absolute atomic E-state index is 0.0415. The molecular formula is C17H16ClF3N2O. The second-order valence-electron chi connectivity index (χ2n) is 5.14. The highest BCUT2D eigenvalue weighted by Crippen LogP contribution is 2.36. The van der Waals surface area contributed by atoms with Gasteiger partial charge in [-0.25, -0.2) is 0 Å². The monoisotopic (exact) mass is 356 g/mol. The molecule has 2 aromatic carbocycles. The molecule has 2 N–H and O–H groups in total. The Kier molecular flexibility index (Phi) is 5.72. The zero-order valence-corrected chi connectivity index (χ0v) is 13.6. The van der Waals surface area contributed by atoms with Crippen LogP contribution in [0.4, 0.5) is 24.5 Å². The van der Waals surface area contributed by atoms with Gasteiger partial charge in [-0.3, -0.25) is 4.79 Å². The largest absolute Gasteiger partial charge is 0.417 e. The number of hydrogen-bond donors (Lipinski definition) is 2. The predicted octanol–water partition coefficient (Wildman–Crippen LogP) is 4.97. The molecule has 0 radical (unpaired) electrons. The number of rotatable bonds is 5. The maximum atomic E-state index is 12.8. The third-order valence-electron chi connectivity index (χ3n) is 3.37. The van der Waals surface area contributed by atoms with Crippen molar-refractivity contribution in [3.8, 4) is 0 Å². The molecule has 0 heterocycles. The smallest absolute Gasteiger partial charge is 0.376 e. The lowest BCUT2D eigenvalue weighted by atomic mass is 10.1. The Hall–Kier alpha value is -2.21. The van der Waals surface area contributed by atoms with Gasteiger partial charge in [-0.15, -0.1) is 0 Å². The van der Waals surface area contributed by atoms with Gasteiger partial charge in [0.2, 0.25) is 5.91 Å². The molecule has 0 atom stereocenters. The molecule has 0 spiro atoms. The summed E-state index contributed by atoms with van der Waals surface area (Å²) in [7, 11) is 0. The normalized spacial score (nSPS) is 11.2. The summed E-state index contributed by atoms with van der Waals surface area (Å²) >= 11 is 5.54. The lowest BCUT2D eigenvalue weighted by molar-refractivity contribution is -0.137. The number of hydrogen-bond acceptors (Lipinski definition) is 2. The summed E-state index contributed by atoms with van der Waals surface area (Å²) in [6.45, 7) is 1.98. The van der Waals surface area contributed by atoms with Gasteiger partial charge in [-0.1, -0.05) is 30.7 Å². The molecule has 2 aromatic rings. The van der Waals surface area contributed by atoms with Crippen molar-refractivity contribution in [3.63, 3.8) is 0 Å². The third kappa shape index (κ3) is 4.89. The summed E-state index contributed by atoms with van der Waals surface area (Å²) < 4.78 is 38.4. The molecule has 0 aliphatic rings. The van der Waals surface area contributed by atoms with E-state index in [0.717, 1.165) is 24.2 Å². The first kappa shape index (κ1) is 18.1. The number of carbonyl (C=O) groups is 1. The Morgan fingerprint density at radius 2 is 1.71 bits per heavy atom. The van der Waals surface area contributed by atoms with Crippen molar-refractivity contribution in [1.82, 2.24) is 0 Å². The molecule has 0 fully saturated rings. The molecular weight excluding hydrogens is 341 g/mol. The Bertz CT molecular complexity index is 715. The lowest BCUT2D eigenvalue weighted by Gasteiger charge is -2.12. The van der Waals surface area contributed by atoms with Crippen LogP contribution in [0, 0.1) is 0 Å². The summed E-state index contributed by atoms with van der Waals surface area (Å²) in [4.78, 5) is 11.9. The third-order valence-corrected chi connectivity index (χ3v) is 3.70. The highest BCUT2D eigenvalue weighted by molar-refractivity contribution is 6.31. The average molecular weight is 357 g/mol. The van der Waals surface area contributed by atoms with Crippen molar-refractivity contribution in [3.05, 3.63) is 58.6 Å². The van der Waals surface area contributed by atoms with Crippen LogP contribution in [0.5, 0.6) is 0 Å². The molecule has 0 unspecified atom stereocenters. The first-order chi connectivity index (χ1) is 11.3. The second kappa shape index (κ2) is 7.57. The van der Waals surface area contributed by atoms with Gasteiger partial charge in [0.1, 0.15) is 0 Å². The Morgan fingerprint density at radius 1 is 1.08 bits per heavy atom. The molecule has 2 rings (SSSR count). The number of carbonyl (C=O) groups excluding carboxylic acids is 1. The van der Waals surface area contributed by atoms with Gasteiger partial charge >= 0.3 is 6.18 Å². The van der Waals surface area contributed by atoms with Crippen molar-refractivity contribution in [2.24, 2.45) is 0 Å². The summed E-state index contributed by atoms with van der Waals surface area (Å²) in [5.74, 6) is -0.454. The highest BCUT2D eigenvalue weighted by atomic mass is 35.5. The molecule has 3 nitrogen and oxygen atoms in total. The number of alkyl halides is 3. The first-order valence-electron chi connectivity index (χ1n) is 7.29. The van der Waals surface area contributed by atoms with Crippen LogP contribution in [0.2, 0.25) is 5.02 Å². The fourth-order valence-corrected chi connectivity index (χ4v) is 2.29. The van der Waals surface area contributed by atoms with Crippen molar-refractivity contribution >= 4 is 28.9 Å². The van der Waals surface area contributed by atoms with Crippen molar-refractivity contribution in [1.29, 1.82) is 0 Å². The van der Waals surface area contributed by atoms with Gasteiger partial charge in [0.05, 0.1) is 17.1 Å². The van der Waals surface area contributed by atoms with Crippen molar-refractivity contribution in [2.75, 3.05) is 17.2 Å². The van der Waals surface area contributed by atoms with Crippen LogP contribution in [0.1, 0.15) is 18.1 Å². The van der Waals surface area contributed by atoms with E-state index in [1.807, 2.05) is 31.2 Å². The minimum Gasteiger partial charge on any atom is -0.376 e. The van der Waals surface area contributed by atoms with E-state index in [9.17, 15) is 18.0 Å². The first-order valence-corrected chi connectivity index (χ1v) is 7.67. The van der Waals surface area contributed by atoms with E-state index in [4.69, 9.17) is 11.6 Å². The zero-order valence-electron chi connectivity index (χ0n) is 12.9. The van der Waals surface area contributed by atoms with Crippen LogP contribution >= 0.6 is 11.6 Å². The van der Waals surface area contributed by atoms with Crippen molar-refractivity contribution in [2.45, 2.75) is 19.5 Å². The molecule has 0 aliphatic carbocycles. The molecule has 0 saturated carbocycles. The van der Waals surface area contributed by atoms with Gasteiger partial charge in [0, 0.05) is 11.4 Å². The summed E-state index contributed by atoms with van der Waals surface area (Å²) in [5.41, 5.74) is 0.991. The van der Waals surface area contributed by atoms with Crippen LogP contribution in [0.3, 0.4) is 0 Å². The molecule has 24 heavy (non-hydrogen) atoms. The SMILES string of the molecule is CCc1ccc(NCC(=O)Nc2ccc(Cl)c(C(F)(F)F)c2)cc1. The van der Waals surface area contributed by atoms with E-state index in [1.165, 1.54) is 11.6 Å². The summed E-state index contributed by atoms with van der Waals surface area (Å²) in [6.07, 6.45) is -3.66. The van der Waals surface area contributed by atoms with Crippen molar-refractivity contribution < 1.29 is 18.0 Å². The summed E-state index contributed by atoms with van der Waals surface area (Å²) in [6, 6.07) is 10.8. The number of aryl methyl sites for hydroxylation is 1. The predicted molar refractivity (Wildman–Crippen MR) is 89.4 cm³/mol. The molecule has 1 amide bonds. The maximum absolute atomic E-state index is 12.8. The van der Waals surface area contributed by atoms with E-state index in [0.29, 0.717) is 0 Å². The molecule has 0 bridgehead atoms. The lowest BCUT2D eigenvalue weighted by Crippen LogP contribution is -2.22. The summed E-state index contributed by atoms with van der Waals surface area (Å²) in [5, 5.41) is 4.92. The molecule has 0 aliphatic heterocycles. The van der Waals surface area contributed by atoms with Gasteiger partial charge < -0.3 is 10.6 Å². The quantitative estimate of drug-likeness (QED) is 0.794. The second-order valence-corrected chi connectivity index (χ2v) is 5.55. The fraction of sp³-hybridized carbons (Fsp3) is 0.235.